The molecule has 1 heterocycles. The lowest BCUT2D eigenvalue weighted by atomic mass is 10.1. The Hall–Kier alpha value is -2.97. The Labute approximate surface area is 218 Å². The topological polar surface area (TPSA) is 90.4 Å². The molecule has 2 aromatic carbocycles. The summed E-state index contributed by atoms with van der Waals surface area (Å²) in [5, 5.41) is 3.67. The van der Waals surface area contributed by atoms with Crippen molar-refractivity contribution in [2.75, 3.05) is 12.4 Å². The summed E-state index contributed by atoms with van der Waals surface area (Å²) in [6.07, 6.45) is 0.156. The maximum absolute atomic E-state index is 12.5. The van der Waals surface area contributed by atoms with Gasteiger partial charge in [-0.1, -0.05) is 39.7 Å². The van der Waals surface area contributed by atoms with Crippen molar-refractivity contribution >= 4 is 51.0 Å². The van der Waals surface area contributed by atoms with E-state index < -0.39 is 11.6 Å². The van der Waals surface area contributed by atoms with Gasteiger partial charge in [-0.05, 0) is 70.0 Å². The molecule has 0 spiro atoms. The minimum Gasteiger partial charge on any atom is -0.465 e. The number of hydrogen-bond acceptors (Lipinski definition) is 7. The highest BCUT2D eigenvalue weighted by molar-refractivity contribution is 9.10. The first-order valence-electron chi connectivity index (χ1n) is 10.9. The molecule has 0 amide bonds. The molecule has 9 heteroatoms. The zero-order chi connectivity index (χ0) is 25.9. The van der Waals surface area contributed by atoms with Gasteiger partial charge in [-0.15, -0.1) is 0 Å². The summed E-state index contributed by atoms with van der Waals surface area (Å²) >= 11 is 9.94. The highest BCUT2D eigenvalue weighted by Crippen LogP contribution is 2.34. The molecule has 7 nitrogen and oxygen atoms in total. The molecule has 0 aliphatic rings. The highest BCUT2D eigenvalue weighted by Gasteiger charge is 2.22. The third-order valence-corrected chi connectivity index (χ3v) is 5.70. The summed E-state index contributed by atoms with van der Waals surface area (Å²) in [5.41, 5.74) is 3.16. The van der Waals surface area contributed by atoms with Crippen LogP contribution in [0.4, 0.5) is 11.5 Å². The average Bonchev–Trinajstić information content (AvgIpc) is 2.72. The number of anilines is 2. The lowest BCUT2D eigenvalue weighted by Gasteiger charge is -2.19. The number of rotatable bonds is 6. The second kappa shape index (κ2) is 10.7. The van der Waals surface area contributed by atoms with E-state index in [1.165, 1.54) is 7.11 Å². The Morgan fingerprint density at radius 3 is 2.31 bits per heavy atom. The van der Waals surface area contributed by atoms with Gasteiger partial charge >= 0.3 is 11.9 Å². The van der Waals surface area contributed by atoms with Gasteiger partial charge in [0.2, 0.25) is 0 Å². The number of methoxy groups -OCH3 is 1. The number of carbonyl (C=O) groups is 2. The quantitative estimate of drug-likeness (QED) is 0.340. The Bertz CT molecular complexity index is 1250. The Morgan fingerprint density at radius 1 is 1.09 bits per heavy atom. The van der Waals surface area contributed by atoms with Crippen molar-refractivity contribution in [3.8, 4) is 11.4 Å². The summed E-state index contributed by atoms with van der Waals surface area (Å²) < 4.78 is 11.2. The lowest BCUT2D eigenvalue weighted by Crippen LogP contribution is -2.24. The van der Waals surface area contributed by atoms with Crippen LogP contribution in [-0.2, 0) is 20.7 Å². The van der Waals surface area contributed by atoms with Crippen LogP contribution in [0, 0.1) is 13.8 Å². The molecule has 3 rings (SSSR count). The van der Waals surface area contributed by atoms with E-state index in [0.29, 0.717) is 27.8 Å². The number of carbonyl (C=O) groups excluding carboxylic acids is 2. The van der Waals surface area contributed by atoms with E-state index in [9.17, 15) is 9.59 Å². The first kappa shape index (κ1) is 26.6. The monoisotopic (exact) mass is 559 g/mol. The SMILES string of the molecule is COC(=O)c1c(C)nc(-c2c(C)cc(Br)cc2Cl)nc1Nc1ccc(CC(=O)OC(C)(C)C)cc1. The van der Waals surface area contributed by atoms with Gasteiger partial charge in [-0.25, -0.2) is 14.8 Å². The zero-order valence-corrected chi connectivity index (χ0v) is 22.8. The largest absolute Gasteiger partial charge is 0.465 e. The molecule has 0 aliphatic heterocycles. The average molecular weight is 561 g/mol. The maximum Gasteiger partial charge on any atom is 0.343 e. The molecule has 0 aliphatic carbocycles. The van der Waals surface area contributed by atoms with Gasteiger partial charge < -0.3 is 14.8 Å². The third kappa shape index (κ3) is 6.80. The fourth-order valence-electron chi connectivity index (χ4n) is 3.49. The Morgan fingerprint density at radius 2 is 1.74 bits per heavy atom. The van der Waals surface area contributed by atoms with Crippen molar-refractivity contribution < 1.29 is 19.1 Å². The predicted molar refractivity (Wildman–Crippen MR) is 140 cm³/mol. The van der Waals surface area contributed by atoms with Gasteiger partial charge in [0.25, 0.3) is 0 Å². The number of aryl methyl sites for hydroxylation is 2. The molecule has 0 unspecified atom stereocenters. The molecule has 35 heavy (non-hydrogen) atoms. The molecule has 0 saturated carbocycles. The van der Waals surface area contributed by atoms with Gasteiger partial charge in [-0.3, -0.25) is 4.79 Å². The standard InChI is InChI=1S/C26H27BrClN3O4/c1-14-11-17(27)13-19(28)21(14)23-29-15(2)22(25(33)34-6)24(31-23)30-18-9-7-16(8-10-18)12-20(32)35-26(3,4)5/h7-11,13H,12H2,1-6H3,(H,29,30,31). The van der Waals surface area contributed by atoms with Crippen LogP contribution in [0.2, 0.25) is 5.02 Å². The molecule has 3 aromatic rings. The minimum atomic E-state index is -0.559. The van der Waals surface area contributed by atoms with Crippen molar-refractivity contribution in [1.29, 1.82) is 0 Å². The fourth-order valence-corrected chi connectivity index (χ4v) is 4.55. The van der Waals surface area contributed by atoms with Gasteiger partial charge in [0.05, 0.1) is 24.2 Å². The van der Waals surface area contributed by atoms with Crippen molar-refractivity contribution in [1.82, 2.24) is 9.97 Å². The van der Waals surface area contributed by atoms with Crippen LogP contribution in [0.25, 0.3) is 11.4 Å². The molecule has 0 fully saturated rings. The number of nitrogens with zero attached hydrogens (tertiary/aromatic N) is 2. The van der Waals surface area contributed by atoms with E-state index in [2.05, 4.69) is 31.2 Å². The van der Waals surface area contributed by atoms with E-state index in [0.717, 1.165) is 15.6 Å². The second-order valence-electron chi connectivity index (χ2n) is 9.01. The number of benzene rings is 2. The molecule has 0 radical (unpaired) electrons. The van der Waals surface area contributed by atoms with Crippen LogP contribution in [0.3, 0.4) is 0 Å². The van der Waals surface area contributed by atoms with E-state index >= 15 is 0 Å². The molecule has 0 atom stereocenters. The van der Waals surface area contributed by atoms with Crippen LogP contribution >= 0.6 is 27.5 Å². The first-order valence-corrected chi connectivity index (χ1v) is 12.1. The molecule has 0 bridgehead atoms. The first-order chi connectivity index (χ1) is 16.4. The highest BCUT2D eigenvalue weighted by atomic mass is 79.9. The van der Waals surface area contributed by atoms with Crippen molar-refractivity contribution in [2.45, 2.75) is 46.6 Å². The van der Waals surface area contributed by atoms with E-state index in [-0.39, 0.29) is 23.8 Å². The van der Waals surface area contributed by atoms with Crippen LogP contribution < -0.4 is 5.32 Å². The smallest absolute Gasteiger partial charge is 0.343 e. The number of ether oxygens (including phenoxy) is 2. The van der Waals surface area contributed by atoms with Crippen LogP contribution in [0.5, 0.6) is 0 Å². The second-order valence-corrected chi connectivity index (χ2v) is 10.3. The molecule has 184 valence electrons. The van der Waals surface area contributed by atoms with Gasteiger partial charge in [-0.2, -0.15) is 0 Å². The summed E-state index contributed by atoms with van der Waals surface area (Å²) in [6.45, 7) is 9.12. The summed E-state index contributed by atoms with van der Waals surface area (Å²) in [5.74, 6) is -0.187. The molecule has 1 aromatic heterocycles. The number of halogens is 2. The van der Waals surface area contributed by atoms with Gasteiger partial charge in [0, 0.05) is 15.7 Å². The summed E-state index contributed by atoms with van der Waals surface area (Å²) in [6, 6.07) is 10.9. The van der Waals surface area contributed by atoms with Crippen LogP contribution in [0.1, 0.15) is 48.0 Å². The minimum absolute atomic E-state index is 0.156. The van der Waals surface area contributed by atoms with Crippen molar-refractivity contribution in [3.63, 3.8) is 0 Å². The van der Waals surface area contributed by atoms with Gasteiger partial charge in [0.15, 0.2) is 5.82 Å². The van der Waals surface area contributed by atoms with E-state index in [4.69, 9.17) is 21.1 Å². The number of nitrogens with one attached hydrogen (secondary N) is 1. The van der Waals surface area contributed by atoms with Gasteiger partial charge in [0.1, 0.15) is 17.0 Å². The van der Waals surface area contributed by atoms with Crippen LogP contribution in [-0.4, -0.2) is 34.6 Å². The van der Waals surface area contributed by atoms with Crippen molar-refractivity contribution in [3.05, 3.63) is 68.3 Å². The summed E-state index contributed by atoms with van der Waals surface area (Å²) in [4.78, 5) is 33.8. The Balaban J connectivity index is 1.96. The maximum atomic E-state index is 12.5. The number of hydrogen-bond donors (Lipinski definition) is 1. The Kier molecular flexibility index (Phi) is 8.18. The fraction of sp³-hybridized carbons (Fsp3) is 0.308. The lowest BCUT2D eigenvalue weighted by molar-refractivity contribution is -0.153. The predicted octanol–water partition coefficient (Wildman–Crippen LogP) is 6.59. The van der Waals surface area contributed by atoms with E-state index in [1.54, 1.807) is 25.1 Å². The summed E-state index contributed by atoms with van der Waals surface area (Å²) in [7, 11) is 1.31. The third-order valence-electron chi connectivity index (χ3n) is 4.94. The molecule has 1 N–H and O–H groups in total. The number of esters is 2. The van der Waals surface area contributed by atoms with Crippen molar-refractivity contribution in [2.24, 2.45) is 0 Å². The molecule has 0 saturated heterocycles. The normalized spacial score (nSPS) is 11.2. The number of aromatic nitrogens is 2. The van der Waals surface area contributed by atoms with Crippen LogP contribution in [0.15, 0.2) is 40.9 Å². The van der Waals surface area contributed by atoms with E-state index in [1.807, 2.05) is 45.9 Å². The molecular weight excluding hydrogens is 534 g/mol. The zero-order valence-electron chi connectivity index (χ0n) is 20.5. The molecular formula is C26H27BrClN3O4.